The van der Waals surface area contributed by atoms with Crippen LogP contribution in [0.25, 0.3) is 0 Å². The highest BCUT2D eigenvalue weighted by atomic mass is 15.1. The highest BCUT2D eigenvalue weighted by Crippen LogP contribution is 2.09. The standard InChI is InChI=1S/C15H26N2.C8H11N.C2H6/c1-5-8-9-10-11-15(16)13-17(12-6-2)14(4)7-3;1-2-4-8-5-3-6-9-7-8;1-2/h6,10-13H,4-5,7-9,16H2,1-3H3;3,5-7H,2,4H2,1H3;1-2H3/b11-10+,12-6-,15-13-;;. The summed E-state index contributed by atoms with van der Waals surface area (Å²) in [4.78, 5) is 5.98. The topological polar surface area (TPSA) is 42.1 Å². The van der Waals surface area contributed by atoms with Crippen LogP contribution in [0.2, 0.25) is 0 Å². The monoisotopic (exact) mass is 385 g/mol. The molecule has 0 saturated heterocycles. The third kappa shape index (κ3) is 15.9. The Morgan fingerprint density at radius 2 is 1.93 bits per heavy atom. The summed E-state index contributed by atoms with van der Waals surface area (Å²) < 4.78 is 0. The molecule has 28 heavy (non-hydrogen) atoms. The van der Waals surface area contributed by atoms with Gasteiger partial charge in [-0.05, 0) is 43.9 Å². The lowest BCUT2D eigenvalue weighted by Crippen LogP contribution is -2.10. The molecule has 0 aromatic carbocycles. The summed E-state index contributed by atoms with van der Waals surface area (Å²) in [7, 11) is 0. The van der Waals surface area contributed by atoms with Crippen molar-refractivity contribution in [3.05, 3.63) is 78.7 Å². The first-order chi connectivity index (χ1) is 13.6. The molecule has 1 aromatic heterocycles. The van der Waals surface area contributed by atoms with Gasteiger partial charge in [0.2, 0.25) is 0 Å². The molecule has 0 unspecified atom stereocenters. The number of nitrogens with two attached hydrogens (primary N) is 1. The minimum atomic E-state index is 0.758. The van der Waals surface area contributed by atoms with E-state index in [0.717, 1.165) is 30.7 Å². The SMILES string of the molecule is C=C(CC)N(/C=C\C)/C=C(N)/C=C/CCCC.CC.CCCc1cccnc1. The van der Waals surface area contributed by atoms with Gasteiger partial charge in [-0.15, -0.1) is 0 Å². The van der Waals surface area contributed by atoms with Gasteiger partial charge in [-0.2, -0.15) is 0 Å². The number of pyridine rings is 1. The van der Waals surface area contributed by atoms with E-state index in [1.165, 1.54) is 24.8 Å². The van der Waals surface area contributed by atoms with Crippen LogP contribution >= 0.6 is 0 Å². The van der Waals surface area contributed by atoms with Crippen LogP contribution in [0.1, 0.15) is 79.2 Å². The lowest BCUT2D eigenvalue weighted by Gasteiger charge is -2.17. The Labute approximate surface area is 174 Å². The molecule has 1 aromatic rings. The first-order valence-corrected chi connectivity index (χ1v) is 10.7. The zero-order valence-corrected chi connectivity index (χ0v) is 19.1. The Hall–Kier alpha value is -2.29. The molecule has 0 radical (unpaired) electrons. The fraction of sp³-hybridized carbons (Fsp3) is 0.480. The van der Waals surface area contributed by atoms with Gasteiger partial charge in [-0.3, -0.25) is 4.98 Å². The summed E-state index contributed by atoms with van der Waals surface area (Å²) in [6.45, 7) is 16.4. The second kappa shape index (κ2) is 21.0. The first kappa shape index (κ1) is 27.9. The zero-order chi connectivity index (χ0) is 21.6. The maximum atomic E-state index is 5.94. The van der Waals surface area contributed by atoms with Gasteiger partial charge in [0.1, 0.15) is 0 Å². The molecule has 0 amide bonds. The maximum absolute atomic E-state index is 5.94. The lowest BCUT2D eigenvalue weighted by molar-refractivity contribution is 0.599. The normalized spacial score (nSPS) is 10.9. The van der Waals surface area contributed by atoms with Crippen molar-refractivity contribution in [1.82, 2.24) is 9.88 Å². The van der Waals surface area contributed by atoms with E-state index >= 15 is 0 Å². The van der Waals surface area contributed by atoms with Gasteiger partial charge in [0.25, 0.3) is 0 Å². The number of nitrogens with zero attached hydrogens (tertiary/aromatic N) is 2. The summed E-state index contributed by atoms with van der Waals surface area (Å²) in [5.74, 6) is 0. The van der Waals surface area contributed by atoms with E-state index in [0.29, 0.717) is 0 Å². The van der Waals surface area contributed by atoms with Crippen LogP contribution in [0, 0.1) is 0 Å². The predicted octanol–water partition coefficient (Wildman–Crippen LogP) is 7.35. The van der Waals surface area contributed by atoms with E-state index in [4.69, 9.17) is 5.73 Å². The fourth-order valence-corrected chi connectivity index (χ4v) is 2.16. The number of hydrogen-bond donors (Lipinski definition) is 1. The molecule has 3 nitrogen and oxygen atoms in total. The van der Waals surface area contributed by atoms with Crippen molar-refractivity contribution in [3.63, 3.8) is 0 Å². The molecular weight excluding hydrogens is 342 g/mol. The van der Waals surface area contributed by atoms with Crippen molar-refractivity contribution in [2.75, 3.05) is 0 Å². The predicted molar refractivity (Wildman–Crippen MR) is 127 cm³/mol. The molecule has 0 atom stereocenters. The van der Waals surface area contributed by atoms with Crippen molar-refractivity contribution < 1.29 is 0 Å². The van der Waals surface area contributed by atoms with Crippen molar-refractivity contribution in [2.24, 2.45) is 5.73 Å². The minimum Gasteiger partial charge on any atom is -0.398 e. The molecule has 3 heteroatoms. The average Bonchev–Trinajstić information content (AvgIpc) is 2.73. The van der Waals surface area contributed by atoms with E-state index in [9.17, 15) is 0 Å². The molecule has 0 fully saturated rings. The van der Waals surface area contributed by atoms with Crippen molar-refractivity contribution in [3.8, 4) is 0 Å². The van der Waals surface area contributed by atoms with Crippen LogP contribution in [0.5, 0.6) is 0 Å². The molecule has 1 rings (SSSR count). The third-order valence-electron chi connectivity index (χ3n) is 3.67. The average molecular weight is 386 g/mol. The molecule has 2 N–H and O–H groups in total. The van der Waals surface area contributed by atoms with Crippen molar-refractivity contribution in [2.45, 2.75) is 80.1 Å². The van der Waals surface area contributed by atoms with Crippen LogP contribution < -0.4 is 5.73 Å². The highest BCUT2D eigenvalue weighted by Gasteiger charge is 1.98. The van der Waals surface area contributed by atoms with Gasteiger partial charge >= 0.3 is 0 Å². The number of allylic oxidation sites excluding steroid dienone is 4. The van der Waals surface area contributed by atoms with Crippen LogP contribution in [-0.4, -0.2) is 9.88 Å². The van der Waals surface area contributed by atoms with E-state index in [2.05, 4.69) is 44.5 Å². The van der Waals surface area contributed by atoms with Crippen molar-refractivity contribution in [1.29, 1.82) is 0 Å². The second-order valence-electron chi connectivity index (χ2n) is 6.09. The highest BCUT2D eigenvalue weighted by molar-refractivity contribution is 5.18. The van der Waals surface area contributed by atoms with Gasteiger partial charge in [0.05, 0.1) is 0 Å². The number of unbranched alkanes of at least 4 members (excludes halogenated alkanes) is 2. The van der Waals surface area contributed by atoms with Gasteiger partial charge in [0, 0.05) is 36.2 Å². The van der Waals surface area contributed by atoms with E-state index in [1.54, 1.807) is 6.20 Å². The van der Waals surface area contributed by atoms with Gasteiger partial charge in [-0.25, -0.2) is 0 Å². The molecule has 0 aliphatic heterocycles. The second-order valence-corrected chi connectivity index (χ2v) is 6.09. The van der Waals surface area contributed by atoms with Crippen molar-refractivity contribution >= 4 is 0 Å². The third-order valence-corrected chi connectivity index (χ3v) is 3.67. The van der Waals surface area contributed by atoms with E-state index in [1.807, 2.05) is 62.5 Å². The van der Waals surface area contributed by atoms with Gasteiger partial charge < -0.3 is 10.6 Å². The summed E-state index contributed by atoms with van der Waals surface area (Å²) in [5, 5.41) is 0. The molecule has 0 aliphatic rings. The fourth-order valence-electron chi connectivity index (χ4n) is 2.16. The van der Waals surface area contributed by atoms with Crippen LogP contribution in [0.3, 0.4) is 0 Å². The number of aryl methyl sites for hydroxylation is 1. The Morgan fingerprint density at radius 1 is 1.21 bits per heavy atom. The maximum Gasteiger partial charge on any atom is 0.0479 e. The summed E-state index contributed by atoms with van der Waals surface area (Å²) in [6.07, 6.45) is 20.4. The Balaban J connectivity index is 0. The van der Waals surface area contributed by atoms with Gasteiger partial charge in [0.15, 0.2) is 0 Å². The molecule has 1 heterocycles. The molecule has 0 aliphatic carbocycles. The van der Waals surface area contributed by atoms with E-state index in [-0.39, 0.29) is 0 Å². The van der Waals surface area contributed by atoms with E-state index < -0.39 is 0 Å². The molecule has 0 bridgehead atoms. The number of rotatable bonds is 10. The minimum absolute atomic E-state index is 0.758. The van der Waals surface area contributed by atoms with Crippen LogP contribution in [-0.2, 0) is 6.42 Å². The zero-order valence-electron chi connectivity index (χ0n) is 19.1. The molecular formula is C25H43N3. The number of aromatic nitrogens is 1. The molecule has 0 spiro atoms. The molecule has 0 saturated carbocycles. The van der Waals surface area contributed by atoms with Crippen LogP contribution in [0.4, 0.5) is 0 Å². The Kier molecular flexibility index (Phi) is 21.0. The molecule has 158 valence electrons. The van der Waals surface area contributed by atoms with Gasteiger partial charge in [-0.1, -0.05) is 78.7 Å². The summed E-state index contributed by atoms with van der Waals surface area (Å²) >= 11 is 0. The number of hydrogen-bond acceptors (Lipinski definition) is 3. The quantitative estimate of drug-likeness (QED) is 0.338. The van der Waals surface area contributed by atoms with Crippen LogP contribution in [0.15, 0.2) is 73.1 Å². The summed E-state index contributed by atoms with van der Waals surface area (Å²) in [6, 6.07) is 4.08. The lowest BCUT2D eigenvalue weighted by atomic mass is 10.2. The summed E-state index contributed by atoms with van der Waals surface area (Å²) in [5.41, 5.74) is 9.06. The Morgan fingerprint density at radius 3 is 2.43 bits per heavy atom. The first-order valence-electron chi connectivity index (χ1n) is 10.7. The Bertz CT molecular complexity index is 556. The largest absolute Gasteiger partial charge is 0.398 e. The smallest absolute Gasteiger partial charge is 0.0479 e.